The zero-order chi connectivity index (χ0) is 14.1. The Morgan fingerprint density at radius 2 is 1.95 bits per heavy atom. The van der Waals surface area contributed by atoms with Crippen LogP contribution in [0.5, 0.6) is 0 Å². The predicted octanol–water partition coefficient (Wildman–Crippen LogP) is 4.75. The van der Waals surface area contributed by atoms with Crippen molar-refractivity contribution in [3.8, 4) is 0 Å². The number of nitrogens with two attached hydrogens (primary N) is 1. The molecule has 2 N–H and O–H groups in total. The maximum Gasteiger partial charge on any atom is 0.141 e. The van der Waals surface area contributed by atoms with Crippen LogP contribution >= 0.6 is 43.6 Å². The maximum absolute atomic E-state index is 5.97. The molecule has 1 aromatic heterocycles. The molecule has 20 heavy (non-hydrogen) atoms. The third-order valence-electron chi connectivity index (χ3n) is 3.11. The SMILES string of the molecule is Nc1nc(CSc2ccccc2Br)nc(C2CC2)c1Br. The van der Waals surface area contributed by atoms with E-state index in [2.05, 4.69) is 47.9 Å². The van der Waals surface area contributed by atoms with Gasteiger partial charge in [0.1, 0.15) is 11.6 Å². The van der Waals surface area contributed by atoms with E-state index >= 15 is 0 Å². The van der Waals surface area contributed by atoms with E-state index in [0.717, 1.165) is 26.2 Å². The van der Waals surface area contributed by atoms with Gasteiger partial charge in [0.05, 0.1) is 15.9 Å². The molecular formula is C14H13Br2N3S. The van der Waals surface area contributed by atoms with Crippen molar-refractivity contribution in [3.05, 3.63) is 44.7 Å². The Bertz CT molecular complexity index is 644. The Balaban J connectivity index is 1.79. The summed E-state index contributed by atoms with van der Waals surface area (Å²) in [6.45, 7) is 0. The van der Waals surface area contributed by atoms with Gasteiger partial charge >= 0.3 is 0 Å². The molecule has 1 heterocycles. The van der Waals surface area contributed by atoms with Crippen molar-refractivity contribution < 1.29 is 0 Å². The summed E-state index contributed by atoms with van der Waals surface area (Å²) in [4.78, 5) is 10.2. The van der Waals surface area contributed by atoms with Crippen molar-refractivity contribution in [1.29, 1.82) is 0 Å². The van der Waals surface area contributed by atoms with Crippen LogP contribution < -0.4 is 5.73 Å². The lowest BCUT2D eigenvalue weighted by Gasteiger charge is -2.08. The van der Waals surface area contributed by atoms with Crippen LogP contribution in [0, 0.1) is 0 Å². The van der Waals surface area contributed by atoms with E-state index in [4.69, 9.17) is 5.73 Å². The molecule has 0 spiro atoms. The number of anilines is 1. The lowest BCUT2D eigenvalue weighted by atomic mass is 10.3. The van der Waals surface area contributed by atoms with Crippen LogP contribution in [0.2, 0.25) is 0 Å². The van der Waals surface area contributed by atoms with Gasteiger partial charge in [0.25, 0.3) is 0 Å². The average Bonchev–Trinajstić information content (AvgIpc) is 3.26. The van der Waals surface area contributed by atoms with Gasteiger partial charge in [-0.1, -0.05) is 12.1 Å². The fourth-order valence-corrected chi connectivity index (χ4v) is 3.85. The second-order valence-electron chi connectivity index (χ2n) is 4.72. The zero-order valence-corrected chi connectivity index (χ0v) is 14.6. The van der Waals surface area contributed by atoms with Crippen LogP contribution in [0.25, 0.3) is 0 Å². The average molecular weight is 415 g/mol. The molecule has 1 aliphatic rings. The van der Waals surface area contributed by atoms with Gasteiger partial charge in [-0.25, -0.2) is 9.97 Å². The number of halogens is 2. The Morgan fingerprint density at radius 1 is 1.20 bits per heavy atom. The van der Waals surface area contributed by atoms with E-state index in [9.17, 15) is 0 Å². The van der Waals surface area contributed by atoms with E-state index in [1.54, 1.807) is 11.8 Å². The van der Waals surface area contributed by atoms with Crippen LogP contribution in [0.1, 0.15) is 30.3 Å². The van der Waals surface area contributed by atoms with E-state index in [-0.39, 0.29) is 0 Å². The Kier molecular flexibility index (Phi) is 4.33. The lowest BCUT2D eigenvalue weighted by Crippen LogP contribution is -2.04. The van der Waals surface area contributed by atoms with Crippen molar-refractivity contribution in [3.63, 3.8) is 0 Å². The molecule has 0 atom stereocenters. The lowest BCUT2D eigenvalue weighted by molar-refractivity contribution is 0.925. The molecule has 3 nitrogen and oxygen atoms in total. The number of hydrogen-bond donors (Lipinski definition) is 1. The van der Waals surface area contributed by atoms with Crippen LogP contribution in [0.3, 0.4) is 0 Å². The van der Waals surface area contributed by atoms with Crippen molar-refractivity contribution in [1.82, 2.24) is 9.97 Å². The first-order valence-electron chi connectivity index (χ1n) is 6.34. The Labute approximate surface area is 139 Å². The van der Waals surface area contributed by atoms with Gasteiger partial charge in [0, 0.05) is 15.3 Å². The second-order valence-corrected chi connectivity index (χ2v) is 7.38. The molecule has 2 aromatic rings. The fraction of sp³-hybridized carbons (Fsp3) is 0.286. The molecule has 0 unspecified atom stereocenters. The number of rotatable bonds is 4. The molecule has 1 fully saturated rings. The molecule has 0 bridgehead atoms. The minimum atomic E-state index is 0.546. The van der Waals surface area contributed by atoms with Crippen LogP contribution in [-0.2, 0) is 5.75 Å². The van der Waals surface area contributed by atoms with Gasteiger partial charge in [0.15, 0.2) is 0 Å². The summed E-state index contributed by atoms with van der Waals surface area (Å²) in [5.74, 6) is 2.62. The molecule has 104 valence electrons. The number of nitrogens with zero attached hydrogens (tertiary/aromatic N) is 2. The van der Waals surface area contributed by atoms with Crippen LogP contribution in [0.4, 0.5) is 5.82 Å². The van der Waals surface area contributed by atoms with Crippen molar-refractivity contribution >= 4 is 49.4 Å². The van der Waals surface area contributed by atoms with Gasteiger partial charge in [-0.2, -0.15) is 0 Å². The number of nitrogen functional groups attached to an aromatic ring is 1. The Morgan fingerprint density at radius 3 is 2.65 bits per heavy atom. The van der Waals surface area contributed by atoms with Crippen LogP contribution in [0.15, 0.2) is 38.1 Å². The zero-order valence-electron chi connectivity index (χ0n) is 10.6. The summed E-state index contributed by atoms with van der Waals surface area (Å²) in [5, 5.41) is 0. The summed E-state index contributed by atoms with van der Waals surface area (Å²) in [6, 6.07) is 8.15. The summed E-state index contributed by atoms with van der Waals surface area (Å²) in [6.07, 6.45) is 2.40. The standard InChI is InChI=1S/C14H13Br2N3S/c15-9-3-1-2-4-10(9)20-7-11-18-13(8-5-6-8)12(16)14(17)19-11/h1-4,8H,5-7H2,(H2,17,18,19). The minimum absolute atomic E-state index is 0.546. The minimum Gasteiger partial charge on any atom is -0.383 e. The topological polar surface area (TPSA) is 51.8 Å². The molecule has 1 aliphatic carbocycles. The number of benzene rings is 1. The normalized spacial score (nSPS) is 14.5. The van der Waals surface area contributed by atoms with Crippen molar-refractivity contribution in [2.45, 2.75) is 29.4 Å². The molecule has 6 heteroatoms. The fourth-order valence-electron chi connectivity index (χ4n) is 1.93. The van der Waals surface area contributed by atoms with Gasteiger partial charge < -0.3 is 5.73 Å². The molecule has 0 amide bonds. The summed E-state index contributed by atoms with van der Waals surface area (Å²) >= 11 is 8.76. The summed E-state index contributed by atoms with van der Waals surface area (Å²) in [5.41, 5.74) is 7.04. The highest BCUT2D eigenvalue weighted by Crippen LogP contribution is 2.43. The molecule has 0 aliphatic heterocycles. The van der Waals surface area contributed by atoms with E-state index in [1.807, 2.05) is 18.2 Å². The van der Waals surface area contributed by atoms with E-state index < -0.39 is 0 Å². The number of aromatic nitrogens is 2. The van der Waals surface area contributed by atoms with Gasteiger partial charge in [-0.3, -0.25) is 0 Å². The van der Waals surface area contributed by atoms with E-state index in [1.165, 1.54) is 17.7 Å². The summed E-state index contributed by atoms with van der Waals surface area (Å²) in [7, 11) is 0. The Hall–Kier alpha value is -0.590. The molecule has 0 radical (unpaired) electrons. The largest absolute Gasteiger partial charge is 0.383 e. The maximum atomic E-state index is 5.97. The highest BCUT2D eigenvalue weighted by Gasteiger charge is 2.29. The predicted molar refractivity (Wildman–Crippen MR) is 89.8 cm³/mol. The van der Waals surface area contributed by atoms with Crippen molar-refractivity contribution in [2.75, 3.05) is 5.73 Å². The summed E-state index contributed by atoms with van der Waals surface area (Å²) < 4.78 is 1.96. The third kappa shape index (κ3) is 3.18. The number of thioether (sulfide) groups is 1. The monoisotopic (exact) mass is 413 g/mol. The highest BCUT2D eigenvalue weighted by atomic mass is 79.9. The molecule has 1 aromatic carbocycles. The smallest absolute Gasteiger partial charge is 0.141 e. The van der Waals surface area contributed by atoms with Crippen LogP contribution in [-0.4, -0.2) is 9.97 Å². The van der Waals surface area contributed by atoms with Crippen molar-refractivity contribution in [2.24, 2.45) is 0 Å². The highest BCUT2D eigenvalue weighted by molar-refractivity contribution is 9.11. The number of hydrogen-bond acceptors (Lipinski definition) is 4. The molecule has 0 saturated heterocycles. The van der Waals surface area contributed by atoms with Gasteiger partial charge in [-0.15, -0.1) is 11.8 Å². The second kappa shape index (κ2) is 6.03. The first kappa shape index (κ1) is 14.4. The molecule has 3 rings (SSSR count). The quantitative estimate of drug-likeness (QED) is 0.733. The van der Waals surface area contributed by atoms with E-state index in [0.29, 0.717) is 11.7 Å². The molecular weight excluding hydrogens is 402 g/mol. The molecule has 1 saturated carbocycles. The first-order chi connectivity index (χ1) is 9.65. The van der Waals surface area contributed by atoms with Gasteiger partial charge in [0.2, 0.25) is 0 Å². The third-order valence-corrected chi connectivity index (χ3v) is 5.94. The first-order valence-corrected chi connectivity index (χ1v) is 8.91. The van der Waals surface area contributed by atoms with Gasteiger partial charge in [-0.05, 0) is 56.8 Å².